The Balaban J connectivity index is 1.56. The summed E-state index contributed by atoms with van der Waals surface area (Å²) in [5, 5.41) is 0. The van der Waals surface area contributed by atoms with Gasteiger partial charge in [-0.15, -0.1) is 0 Å². The molecule has 0 unspecified atom stereocenters. The number of fused-ring (bicyclic) bond motifs is 1. The fourth-order valence-electron chi connectivity index (χ4n) is 3.61. The first-order valence-corrected chi connectivity index (χ1v) is 7.97. The second kappa shape index (κ2) is 4.68. The van der Waals surface area contributed by atoms with Crippen LogP contribution in [0.2, 0.25) is 0 Å². The molecular weight excluding hydrogens is 266 g/mol. The Morgan fingerprint density at radius 2 is 1.95 bits per heavy atom. The number of aromatic nitrogens is 2. The number of hydrogen-bond donors (Lipinski definition) is 0. The van der Waals surface area contributed by atoms with Gasteiger partial charge in [-0.05, 0) is 43.9 Å². The average Bonchev–Trinajstić information content (AvgIpc) is 3.36. The van der Waals surface area contributed by atoms with Crippen molar-refractivity contribution in [3.05, 3.63) is 27.9 Å². The third-order valence-electron chi connectivity index (χ3n) is 5.14. The van der Waals surface area contributed by atoms with Crippen molar-refractivity contribution in [2.24, 2.45) is 24.8 Å². The van der Waals surface area contributed by atoms with Crippen molar-refractivity contribution in [2.45, 2.75) is 38.6 Å². The smallest absolute Gasteiger partial charge is 0.256 e. The minimum absolute atomic E-state index is 0.0352. The number of aryl methyl sites for hydroxylation is 1. The molecule has 0 radical (unpaired) electrons. The zero-order chi connectivity index (χ0) is 14.6. The van der Waals surface area contributed by atoms with Gasteiger partial charge in [0.05, 0.1) is 18.6 Å². The van der Waals surface area contributed by atoms with Gasteiger partial charge in [0.15, 0.2) is 0 Å². The van der Waals surface area contributed by atoms with Crippen molar-refractivity contribution in [3.63, 3.8) is 0 Å². The number of amides is 1. The second-order valence-electron chi connectivity index (χ2n) is 6.80. The first-order chi connectivity index (χ1) is 10.1. The van der Waals surface area contributed by atoms with Gasteiger partial charge in [0.2, 0.25) is 5.91 Å². The molecule has 5 heteroatoms. The zero-order valence-electron chi connectivity index (χ0n) is 12.4. The highest BCUT2D eigenvalue weighted by Crippen LogP contribution is 2.50. The molecule has 0 aromatic carbocycles. The van der Waals surface area contributed by atoms with Crippen LogP contribution in [-0.2, 0) is 24.8 Å². The molecule has 0 saturated heterocycles. The van der Waals surface area contributed by atoms with Crippen LogP contribution in [0.25, 0.3) is 0 Å². The van der Waals surface area contributed by atoms with Crippen molar-refractivity contribution in [2.75, 3.05) is 6.54 Å². The standard InChI is InChI=1S/C16H21N3O2/c1-18-9-17-13-8-19(7-6-12(13)15(18)20)16(21)14(10-2-3-10)11-4-5-11/h9-11,14H,2-8H2,1H3. The van der Waals surface area contributed by atoms with E-state index in [2.05, 4.69) is 4.98 Å². The van der Waals surface area contributed by atoms with Crippen LogP contribution in [-0.4, -0.2) is 26.9 Å². The molecule has 1 aliphatic heterocycles. The maximum absolute atomic E-state index is 12.8. The van der Waals surface area contributed by atoms with Gasteiger partial charge in [0.1, 0.15) is 0 Å². The minimum Gasteiger partial charge on any atom is -0.336 e. The fraction of sp³-hybridized carbons (Fsp3) is 0.688. The van der Waals surface area contributed by atoms with Crippen molar-refractivity contribution >= 4 is 5.91 Å². The summed E-state index contributed by atoms with van der Waals surface area (Å²) in [5.74, 6) is 1.82. The van der Waals surface area contributed by atoms with Gasteiger partial charge >= 0.3 is 0 Å². The van der Waals surface area contributed by atoms with Gasteiger partial charge < -0.3 is 9.47 Å². The van der Waals surface area contributed by atoms with Gasteiger partial charge in [0.25, 0.3) is 5.56 Å². The van der Waals surface area contributed by atoms with E-state index in [4.69, 9.17) is 0 Å². The van der Waals surface area contributed by atoms with Crippen molar-refractivity contribution in [1.29, 1.82) is 0 Å². The van der Waals surface area contributed by atoms with E-state index in [-0.39, 0.29) is 11.5 Å². The molecule has 4 rings (SSSR count). The Kier molecular flexibility index (Phi) is 2.91. The van der Waals surface area contributed by atoms with Crippen LogP contribution in [0.4, 0.5) is 0 Å². The first kappa shape index (κ1) is 13.0. The van der Waals surface area contributed by atoms with Gasteiger partial charge in [-0.3, -0.25) is 9.59 Å². The highest BCUT2D eigenvalue weighted by Gasteiger charge is 2.47. The van der Waals surface area contributed by atoms with Gasteiger partial charge in [-0.2, -0.15) is 0 Å². The minimum atomic E-state index is 0.0352. The predicted octanol–water partition coefficient (Wildman–Crippen LogP) is 1.10. The lowest BCUT2D eigenvalue weighted by atomic mass is 9.94. The molecule has 2 heterocycles. The molecule has 21 heavy (non-hydrogen) atoms. The molecule has 0 bridgehead atoms. The number of nitrogens with zero attached hydrogens (tertiary/aromatic N) is 3. The molecule has 112 valence electrons. The molecular formula is C16H21N3O2. The lowest BCUT2D eigenvalue weighted by Gasteiger charge is -2.31. The average molecular weight is 287 g/mol. The summed E-state index contributed by atoms with van der Waals surface area (Å²) >= 11 is 0. The Labute approximate surface area is 124 Å². The van der Waals surface area contributed by atoms with Crippen molar-refractivity contribution < 1.29 is 4.79 Å². The lowest BCUT2D eigenvalue weighted by molar-refractivity contribution is -0.138. The zero-order valence-corrected chi connectivity index (χ0v) is 12.4. The summed E-state index contributed by atoms with van der Waals surface area (Å²) in [5.41, 5.74) is 1.62. The van der Waals surface area contributed by atoms with E-state index in [1.54, 1.807) is 13.4 Å². The Bertz CT molecular complexity index is 631. The van der Waals surface area contributed by atoms with E-state index in [9.17, 15) is 9.59 Å². The molecule has 5 nitrogen and oxygen atoms in total. The summed E-state index contributed by atoms with van der Waals surface area (Å²) < 4.78 is 1.52. The summed E-state index contributed by atoms with van der Waals surface area (Å²) in [7, 11) is 1.73. The van der Waals surface area contributed by atoms with E-state index < -0.39 is 0 Å². The second-order valence-corrected chi connectivity index (χ2v) is 6.80. The van der Waals surface area contributed by atoms with E-state index in [0.717, 1.165) is 11.3 Å². The van der Waals surface area contributed by atoms with E-state index in [0.29, 0.717) is 37.3 Å². The fourth-order valence-corrected chi connectivity index (χ4v) is 3.61. The number of carbonyl (C=O) groups excluding carboxylic acids is 1. The summed E-state index contributed by atoms with van der Waals surface area (Å²) in [6, 6.07) is 0. The third-order valence-corrected chi connectivity index (χ3v) is 5.14. The lowest BCUT2D eigenvalue weighted by Crippen LogP contribution is -2.43. The molecule has 0 atom stereocenters. The van der Waals surface area contributed by atoms with Gasteiger partial charge in [-0.1, -0.05) is 0 Å². The van der Waals surface area contributed by atoms with E-state index in [1.165, 1.54) is 30.3 Å². The van der Waals surface area contributed by atoms with Gasteiger partial charge in [-0.25, -0.2) is 4.98 Å². The largest absolute Gasteiger partial charge is 0.336 e. The van der Waals surface area contributed by atoms with Crippen molar-refractivity contribution in [1.82, 2.24) is 14.5 Å². The predicted molar refractivity (Wildman–Crippen MR) is 77.5 cm³/mol. The highest BCUT2D eigenvalue weighted by atomic mass is 16.2. The number of carbonyl (C=O) groups is 1. The summed E-state index contributed by atoms with van der Waals surface area (Å²) in [6.07, 6.45) is 7.08. The van der Waals surface area contributed by atoms with Crippen LogP contribution in [0.5, 0.6) is 0 Å². The molecule has 1 aromatic rings. The number of rotatable bonds is 3. The van der Waals surface area contributed by atoms with Crippen LogP contribution in [0.3, 0.4) is 0 Å². The third kappa shape index (κ3) is 2.28. The molecule has 1 amide bonds. The summed E-state index contributed by atoms with van der Waals surface area (Å²) in [6.45, 7) is 1.18. The van der Waals surface area contributed by atoms with Crippen LogP contribution in [0.1, 0.15) is 36.9 Å². The normalized spacial score (nSPS) is 21.5. The Morgan fingerprint density at radius 1 is 1.29 bits per heavy atom. The Hall–Kier alpha value is -1.65. The van der Waals surface area contributed by atoms with E-state index >= 15 is 0 Å². The molecule has 2 saturated carbocycles. The maximum Gasteiger partial charge on any atom is 0.256 e. The molecule has 2 fully saturated rings. The molecule has 0 N–H and O–H groups in total. The molecule has 3 aliphatic rings. The molecule has 2 aliphatic carbocycles. The van der Waals surface area contributed by atoms with Gasteiger partial charge in [0, 0.05) is 25.1 Å². The highest BCUT2D eigenvalue weighted by molar-refractivity contribution is 5.80. The monoisotopic (exact) mass is 287 g/mol. The first-order valence-electron chi connectivity index (χ1n) is 7.97. The Morgan fingerprint density at radius 3 is 2.57 bits per heavy atom. The molecule has 1 aromatic heterocycles. The van der Waals surface area contributed by atoms with Crippen LogP contribution in [0, 0.1) is 17.8 Å². The van der Waals surface area contributed by atoms with Crippen LogP contribution >= 0.6 is 0 Å². The van der Waals surface area contributed by atoms with E-state index in [1.807, 2.05) is 4.90 Å². The summed E-state index contributed by atoms with van der Waals surface area (Å²) in [4.78, 5) is 31.2. The number of hydrogen-bond acceptors (Lipinski definition) is 3. The SMILES string of the molecule is Cn1cnc2c(c1=O)CCN(C(=O)C(C1CC1)C1CC1)C2. The maximum atomic E-state index is 12.8. The topological polar surface area (TPSA) is 55.2 Å². The van der Waals surface area contributed by atoms with Crippen LogP contribution < -0.4 is 5.56 Å². The van der Waals surface area contributed by atoms with Crippen LogP contribution in [0.15, 0.2) is 11.1 Å². The molecule has 0 spiro atoms. The quantitative estimate of drug-likeness (QED) is 0.836. The van der Waals surface area contributed by atoms with Crippen molar-refractivity contribution in [3.8, 4) is 0 Å².